The Morgan fingerprint density at radius 3 is 2.24 bits per heavy atom. The van der Waals surface area contributed by atoms with Gasteiger partial charge in [-0.05, 0) is 59.1 Å². The number of carbonyl (C=O) groups excluding carboxylic acids is 1. The second kappa shape index (κ2) is 5.64. The van der Waals surface area contributed by atoms with E-state index in [0.29, 0.717) is 15.6 Å². The van der Waals surface area contributed by atoms with Crippen molar-refractivity contribution in [3.05, 3.63) is 68.7 Å². The molecule has 0 radical (unpaired) electrons. The summed E-state index contributed by atoms with van der Waals surface area (Å²) in [5.74, 6) is -0.295. The highest BCUT2D eigenvalue weighted by Crippen LogP contribution is 2.31. The lowest BCUT2D eigenvalue weighted by atomic mass is 9.96. The zero-order valence-corrected chi connectivity index (χ0v) is 13.0. The monoisotopic (exact) mass is 356 g/mol. The molecule has 0 aromatic heterocycles. The molecule has 0 amide bonds. The van der Waals surface area contributed by atoms with Gasteiger partial charge in [0.25, 0.3) is 0 Å². The first kappa shape index (κ1) is 15.8. The molecule has 0 aliphatic carbocycles. The molecule has 5 heteroatoms. The summed E-state index contributed by atoms with van der Waals surface area (Å²) >= 11 is 3.35. The predicted molar refractivity (Wildman–Crippen MR) is 78.5 cm³/mol. The van der Waals surface area contributed by atoms with Crippen LogP contribution in [0.15, 0.2) is 40.9 Å². The molecular formula is C16H12BrF3O. The molecule has 0 bridgehead atoms. The van der Waals surface area contributed by atoms with E-state index >= 15 is 0 Å². The van der Waals surface area contributed by atoms with Crippen molar-refractivity contribution in [2.45, 2.75) is 20.0 Å². The van der Waals surface area contributed by atoms with Crippen molar-refractivity contribution in [3.8, 4) is 0 Å². The average molecular weight is 357 g/mol. The molecule has 0 atom stereocenters. The van der Waals surface area contributed by atoms with Crippen LogP contribution in [0.3, 0.4) is 0 Å². The van der Waals surface area contributed by atoms with Crippen LogP contribution in [-0.2, 0) is 6.18 Å². The van der Waals surface area contributed by atoms with E-state index in [4.69, 9.17) is 0 Å². The van der Waals surface area contributed by atoms with Gasteiger partial charge in [0.1, 0.15) is 0 Å². The molecule has 0 aliphatic rings. The van der Waals surface area contributed by atoms with Crippen molar-refractivity contribution in [2.24, 2.45) is 0 Å². The van der Waals surface area contributed by atoms with Crippen molar-refractivity contribution in [3.63, 3.8) is 0 Å². The maximum absolute atomic E-state index is 12.6. The van der Waals surface area contributed by atoms with Gasteiger partial charge in [-0.25, -0.2) is 0 Å². The molecule has 2 rings (SSSR count). The van der Waals surface area contributed by atoms with Gasteiger partial charge in [-0.3, -0.25) is 4.79 Å². The number of halogens is 4. The van der Waals surface area contributed by atoms with Crippen LogP contribution in [0, 0.1) is 13.8 Å². The van der Waals surface area contributed by atoms with Gasteiger partial charge < -0.3 is 0 Å². The minimum Gasteiger partial charge on any atom is -0.289 e. The molecule has 0 saturated carbocycles. The van der Waals surface area contributed by atoms with Crippen LogP contribution in [0.4, 0.5) is 13.2 Å². The Hall–Kier alpha value is -1.62. The summed E-state index contributed by atoms with van der Waals surface area (Å²) < 4.78 is 38.6. The molecule has 0 spiro atoms. The largest absolute Gasteiger partial charge is 0.416 e. The van der Waals surface area contributed by atoms with Crippen LogP contribution < -0.4 is 0 Å². The minimum absolute atomic E-state index is 0.273. The highest BCUT2D eigenvalue weighted by atomic mass is 79.9. The van der Waals surface area contributed by atoms with E-state index in [-0.39, 0.29) is 11.3 Å². The van der Waals surface area contributed by atoms with E-state index < -0.39 is 11.7 Å². The summed E-state index contributed by atoms with van der Waals surface area (Å²) in [7, 11) is 0. The summed E-state index contributed by atoms with van der Waals surface area (Å²) in [4.78, 5) is 12.5. The lowest BCUT2D eigenvalue weighted by Crippen LogP contribution is -2.09. The fourth-order valence-corrected chi connectivity index (χ4v) is 2.51. The first-order valence-corrected chi connectivity index (χ1v) is 6.99. The van der Waals surface area contributed by atoms with Gasteiger partial charge in [0.2, 0.25) is 0 Å². The molecule has 0 unspecified atom stereocenters. The molecule has 2 aromatic carbocycles. The summed E-state index contributed by atoms with van der Waals surface area (Å²) in [5.41, 5.74) is 1.17. The minimum atomic E-state index is -4.41. The maximum Gasteiger partial charge on any atom is 0.416 e. The van der Waals surface area contributed by atoms with Gasteiger partial charge in [0.15, 0.2) is 5.78 Å². The third kappa shape index (κ3) is 3.18. The molecule has 0 saturated heterocycles. The molecule has 0 heterocycles. The van der Waals surface area contributed by atoms with Crippen LogP contribution in [0.2, 0.25) is 0 Å². The molecule has 110 valence electrons. The number of hydrogen-bond donors (Lipinski definition) is 0. The summed E-state index contributed by atoms with van der Waals surface area (Å²) in [6.07, 6.45) is -4.41. The van der Waals surface area contributed by atoms with Gasteiger partial charge in [-0.1, -0.05) is 18.2 Å². The van der Waals surface area contributed by atoms with E-state index in [1.807, 2.05) is 13.0 Å². The van der Waals surface area contributed by atoms with E-state index in [2.05, 4.69) is 15.9 Å². The van der Waals surface area contributed by atoms with Gasteiger partial charge in [0, 0.05) is 15.6 Å². The quantitative estimate of drug-likeness (QED) is 0.666. The number of alkyl halides is 3. The Morgan fingerprint density at radius 2 is 1.67 bits per heavy atom. The van der Waals surface area contributed by atoms with Gasteiger partial charge in [-0.2, -0.15) is 13.2 Å². The molecule has 0 N–H and O–H groups in total. The number of ketones is 1. The van der Waals surface area contributed by atoms with E-state index in [1.54, 1.807) is 12.1 Å². The fraction of sp³-hybridized carbons (Fsp3) is 0.188. The van der Waals surface area contributed by atoms with E-state index in [9.17, 15) is 18.0 Å². The van der Waals surface area contributed by atoms with Crippen molar-refractivity contribution in [1.29, 1.82) is 0 Å². The van der Waals surface area contributed by atoms with Crippen molar-refractivity contribution < 1.29 is 18.0 Å². The lowest BCUT2D eigenvalue weighted by Gasteiger charge is -2.12. The molecule has 1 nitrogen and oxygen atoms in total. The first-order valence-electron chi connectivity index (χ1n) is 6.19. The smallest absolute Gasteiger partial charge is 0.289 e. The highest BCUT2D eigenvalue weighted by Gasteiger charge is 2.31. The Morgan fingerprint density at radius 1 is 1.00 bits per heavy atom. The zero-order valence-electron chi connectivity index (χ0n) is 11.4. The van der Waals surface area contributed by atoms with Crippen molar-refractivity contribution in [2.75, 3.05) is 0 Å². The maximum atomic E-state index is 12.6. The summed E-state index contributed by atoms with van der Waals surface area (Å²) in [6.45, 7) is 3.35. The number of hydrogen-bond acceptors (Lipinski definition) is 1. The number of benzene rings is 2. The highest BCUT2D eigenvalue weighted by molar-refractivity contribution is 9.10. The number of aryl methyl sites for hydroxylation is 2. The van der Waals surface area contributed by atoms with E-state index in [1.165, 1.54) is 13.0 Å². The van der Waals surface area contributed by atoms with Gasteiger partial charge in [0.05, 0.1) is 5.56 Å². The third-order valence-corrected chi connectivity index (χ3v) is 4.29. The lowest BCUT2D eigenvalue weighted by molar-refractivity contribution is -0.137. The fourth-order valence-electron chi connectivity index (χ4n) is 2.06. The standard InChI is InChI=1S/C16H12BrF3O/c1-9-4-3-5-13(14(9)17)15(21)12-7-6-11(8-10(12)2)16(18,19)20/h3-8H,1-2H3. The molecule has 0 fully saturated rings. The van der Waals surface area contributed by atoms with Crippen LogP contribution >= 0.6 is 15.9 Å². The Bertz CT molecular complexity index is 705. The van der Waals surface area contributed by atoms with Crippen molar-refractivity contribution in [1.82, 2.24) is 0 Å². The van der Waals surface area contributed by atoms with Gasteiger partial charge >= 0.3 is 6.18 Å². The van der Waals surface area contributed by atoms with Crippen LogP contribution in [0.25, 0.3) is 0 Å². The van der Waals surface area contributed by atoms with Crippen molar-refractivity contribution >= 4 is 21.7 Å². The third-order valence-electron chi connectivity index (χ3n) is 3.23. The molecule has 0 aliphatic heterocycles. The first-order chi connectivity index (χ1) is 9.71. The Labute approximate surface area is 128 Å². The number of rotatable bonds is 2. The topological polar surface area (TPSA) is 17.1 Å². The van der Waals surface area contributed by atoms with Gasteiger partial charge in [-0.15, -0.1) is 0 Å². The molecular weight excluding hydrogens is 345 g/mol. The van der Waals surface area contributed by atoms with E-state index in [0.717, 1.165) is 17.7 Å². The van der Waals surface area contributed by atoms with Crippen LogP contribution in [0.5, 0.6) is 0 Å². The predicted octanol–water partition coefficient (Wildman–Crippen LogP) is 5.32. The number of carbonyl (C=O) groups is 1. The molecule has 21 heavy (non-hydrogen) atoms. The van der Waals surface area contributed by atoms with Crippen LogP contribution in [0.1, 0.15) is 32.6 Å². The Kier molecular flexibility index (Phi) is 4.23. The zero-order chi connectivity index (χ0) is 15.8. The SMILES string of the molecule is Cc1cc(C(F)(F)F)ccc1C(=O)c1cccc(C)c1Br. The second-order valence-corrected chi connectivity index (χ2v) is 5.59. The molecule has 2 aromatic rings. The summed E-state index contributed by atoms with van der Waals surface area (Å²) in [6, 6.07) is 8.40. The average Bonchev–Trinajstić information content (AvgIpc) is 2.40. The van der Waals surface area contributed by atoms with Crippen LogP contribution in [-0.4, -0.2) is 5.78 Å². The summed E-state index contributed by atoms with van der Waals surface area (Å²) in [5, 5.41) is 0. The normalized spacial score (nSPS) is 11.5. The Balaban J connectivity index is 2.48. The second-order valence-electron chi connectivity index (χ2n) is 4.79.